The first-order valence-corrected chi connectivity index (χ1v) is 7.63. The highest BCUT2D eigenvalue weighted by atomic mass is 19.1. The molecule has 0 aliphatic rings. The molecule has 0 aliphatic heterocycles. The van der Waals surface area contributed by atoms with E-state index in [0.29, 0.717) is 5.75 Å². The second-order valence-corrected chi connectivity index (χ2v) is 5.38. The molecule has 0 saturated carbocycles. The predicted octanol–water partition coefficient (Wildman–Crippen LogP) is 2.08. The smallest absolute Gasteiger partial charge is 0.276 e. The lowest BCUT2D eigenvalue weighted by Crippen LogP contribution is -2.44. The third-order valence-corrected chi connectivity index (χ3v) is 3.55. The fraction of sp³-hybridized carbons (Fsp3) is 0.111. The Labute approximate surface area is 143 Å². The Morgan fingerprint density at radius 2 is 1.72 bits per heavy atom. The minimum Gasteiger partial charge on any atom is -0.484 e. The number of aromatic nitrogens is 1. The van der Waals surface area contributed by atoms with E-state index >= 15 is 0 Å². The van der Waals surface area contributed by atoms with E-state index in [4.69, 9.17) is 4.74 Å². The van der Waals surface area contributed by atoms with Crippen LogP contribution in [0.3, 0.4) is 0 Å². The van der Waals surface area contributed by atoms with Crippen LogP contribution >= 0.6 is 0 Å². The van der Waals surface area contributed by atoms with Gasteiger partial charge in [0, 0.05) is 17.1 Å². The number of hydrogen-bond acceptors (Lipinski definition) is 3. The number of rotatable bonds is 5. The van der Waals surface area contributed by atoms with Crippen LogP contribution in [-0.4, -0.2) is 23.4 Å². The van der Waals surface area contributed by atoms with Crippen molar-refractivity contribution in [3.63, 3.8) is 0 Å². The third-order valence-electron chi connectivity index (χ3n) is 3.55. The van der Waals surface area contributed by atoms with Crippen molar-refractivity contribution < 1.29 is 18.7 Å². The molecule has 25 heavy (non-hydrogen) atoms. The standard InChI is InChI=1S/C18H16FN3O3/c19-13-5-7-14(8-6-13)25-11-18(24)22-21-17(23)9-12-10-20-16-4-2-1-3-15(12)16/h1-8,10,20H,9,11H2,(H,21,23)(H,22,24). The van der Waals surface area contributed by atoms with Crippen molar-refractivity contribution in [3.05, 3.63) is 66.1 Å². The lowest BCUT2D eigenvalue weighted by molar-refractivity contribution is -0.129. The van der Waals surface area contributed by atoms with Gasteiger partial charge in [0.15, 0.2) is 6.61 Å². The molecule has 0 saturated heterocycles. The van der Waals surface area contributed by atoms with Gasteiger partial charge in [-0.15, -0.1) is 0 Å². The van der Waals surface area contributed by atoms with Crippen LogP contribution in [0.5, 0.6) is 5.75 Å². The summed E-state index contributed by atoms with van der Waals surface area (Å²) in [6, 6.07) is 12.9. The Balaban J connectivity index is 1.45. The molecule has 0 atom stereocenters. The van der Waals surface area contributed by atoms with E-state index < -0.39 is 5.91 Å². The monoisotopic (exact) mass is 341 g/mol. The first-order chi connectivity index (χ1) is 12.1. The zero-order valence-corrected chi connectivity index (χ0v) is 13.2. The van der Waals surface area contributed by atoms with Crippen LogP contribution in [0.15, 0.2) is 54.7 Å². The molecular weight excluding hydrogens is 325 g/mol. The number of aromatic amines is 1. The molecule has 128 valence electrons. The summed E-state index contributed by atoms with van der Waals surface area (Å²) in [5.41, 5.74) is 6.40. The summed E-state index contributed by atoms with van der Waals surface area (Å²) in [6.07, 6.45) is 1.90. The first kappa shape index (κ1) is 16.5. The Morgan fingerprint density at radius 3 is 2.52 bits per heavy atom. The second kappa shape index (κ2) is 7.48. The number of carbonyl (C=O) groups excluding carboxylic acids is 2. The molecule has 3 N–H and O–H groups in total. The van der Waals surface area contributed by atoms with Crippen molar-refractivity contribution in [3.8, 4) is 5.75 Å². The summed E-state index contributed by atoms with van der Waals surface area (Å²) >= 11 is 0. The number of H-pyrrole nitrogens is 1. The van der Waals surface area contributed by atoms with Gasteiger partial charge in [-0.25, -0.2) is 4.39 Å². The van der Waals surface area contributed by atoms with Crippen LogP contribution in [0, 0.1) is 5.82 Å². The van der Waals surface area contributed by atoms with E-state index in [1.54, 1.807) is 6.20 Å². The van der Waals surface area contributed by atoms with Crippen LogP contribution in [0.2, 0.25) is 0 Å². The number of para-hydroxylation sites is 1. The van der Waals surface area contributed by atoms with E-state index in [0.717, 1.165) is 16.5 Å². The van der Waals surface area contributed by atoms with Gasteiger partial charge in [0.1, 0.15) is 11.6 Å². The number of halogens is 1. The van der Waals surface area contributed by atoms with Gasteiger partial charge in [-0.1, -0.05) is 18.2 Å². The number of hydrogen-bond donors (Lipinski definition) is 3. The molecule has 0 aliphatic carbocycles. The fourth-order valence-corrected chi connectivity index (χ4v) is 2.35. The number of benzene rings is 2. The molecule has 0 unspecified atom stereocenters. The maximum atomic E-state index is 12.8. The van der Waals surface area contributed by atoms with Crippen molar-refractivity contribution >= 4 is 22.7 Å². The Bertz CT molecular complexity index is 890. The van der Waals surface area contributed by atoms with Gasteiger partial charge in [-0.05, 0) is 35.9 Å². The average Bonchev–Trinajstić information content (AvgIpc) is 3.02. The van der Waals surface area contributed by atoms with Gasteiger partial charge >= 0.3 is 0 Å². The van der Waals surface area contributed by atoms with Crippen molar-refractivity contribution in [1.29, 1.82) is 0 Å². The van der Waals surface area contributed by atoms with Crippen molar-refractivity contribution in [2.75, 3.05) is 6.61 Å². The van der Waals surface area contributed by atoms with Crippen LogP contribution in [0.1, 0.15) is 5.56 Å². The maximum Gasteiger partial charge on any atom is 0.276 e. The molecular formula is C18H16FN3O3. The molecule has 7 heteroatoms. The van der Waals surface area contributed by atoms with Gasteiger partial charge in [0.05, 0.1) is 6.42 Å². The average molecular weight is 341 g/mol. The summed E-state index contributed by atoms with van der Waals surface area (Å²) in [5.74, 6) is -0.889. The summed E-state index contributed by atoms with van der Waals surface area (Å²) in [4.78, 5) is 26.7. The number of nitrogens with one attached hydrogen (secondary N) is 3. The number of ether oxygens (including phenoxy) is 1. The normalized spacial score (nSPS) is 10.4. The van der Waals surface area contributed by atoms with Crippen molar-refractivity contribution in [1.82, 2.24) is 15.8 Å². The highest BCUT2D eigenvalue weighted by Gasteiger charge is 2.10. The highest BCUT2D eigenvalue weighted by molar-refractivity contribution is 5.89. The van der Waals surface area contributed by atoms with Gasteiger partial charge in [0.25, 0.3) is 5.91 Å². The topological polar surface area (TPSA) is 83.2 Å². The summed E-state index contributed by atoms with van der Waals surface area (Å²) in [7, 11) is 0. The Kier molecular flexibility index (Phi) is 4.94. The van der Waals surface area contributed by atoms with E-state index in [-0.39, 0.29) is 24.8 Å². The van der Waals surface area contributed by atoms with Gasteiger partial charge in [-0.3, -0.25) is 20.4 Å². The van der Waals surface area contributed by atoms with Gasteiger partial charge in [0.2, 0.25) is 5.91 Å². The minimum atomic E-state index is -0.517. The molecule has 2 aromatic carbocycles. The van der Waals surface area contributed by atoms with Gasteiger partial charge < -0.3 is 9.72 Å². The second-order valence-electron chi connectivity index (χ2n) is 5.38. The number of amides is 2. The minimum absolute atomic E-state index is 0.128. The zero-order valence-electron chi connectivity index (χ0n) is 13.2. The van der Waals surface area contributed by atoms with Gasteiger partial charge in [-0.2, -0.15) is 0 Å². The van der Waals surface area contributed by atoms with Crippen LogP contribution in [0.4, 0.5) is 4.39 Å². The van der Waals surface area contributed by atoms with Crippen LogP contribution in [-0.2, 0) is 16.0 Å². The van der Waals surface area contributed by atoms with E-state index in [1.165, 1.54) is 24.3 Å². The Hall–Kier alpha value is -3.35. The predicted molar refractivity (Wildman–Crippen MR) is 90.2 cm³/mol. The number of carbonyl (C=O) groups is 2. The number of hydrazine groups is 1. The molecule has 3 rings (SSSR count). The largest absolute Gasteiger partial charge is 0.484 e. The van der Waals surface area contributed by atoms with E-state index in [1.807, 2.05) is 24.3 Å². The summed E-state index contributed by atoms with van der Waals surface area (Å²) in [5, 5.41) is 0.962. The fourth-order valence-electron chi connectivity index (χ4n) is 2.35. The molecule has 0 radical (unpaired) electrons. The maximum absolute atomic E-state index is 12.8. The lowest BCUT2D eigenvalue weighted by Gasteiger charge is -2.08. The molecule has 1 aromatic heterocycles. The van der Waals surface area contributed by atoms with Crippen molar-refractivity contribution in [2.45, 2.75) is 6.42 Å². The molecule has 3 aromatic rings. The molecule has 0 bridgehead atoms. The molecule has 0 fully saturated rings. The van der Waals surface area contributed by atoms with Crippen molar-refractivity contribution in [2.24, 2.45) is 0 Å². The Morgan fingerprint density at radius 1 is 1.00 bits per heavy atom. The van der Waals surface area contributed by atoms with E-state index in [2.05, 4.69) is 15.8 Å². The number of fused-ring (bicyclic) bond motifs is 1. The lowest BCUT2D eigenvalue weighted by atomic mass is 10.1. The summed E-state index contributed by atoms with van der Waals surface area (Å²) in [6.45, 7) is -0.293. The van der Waals surface area contributed by atoms with E-state index in [9.17, 15) is 14.0 Å². The third kappa shape index (κ3) is 4.35. The quantitative estimate of drug-likeness (QED) is 0.621. The molecule has 6 nitrogen and oxygen atoms in total. The zero-order chi connectivity index (χ0) is 17.6. The van der Waals surface area contributed by atoms with Crippen LogP contribution in [0.25, 0.3) is 10.9 Å². The molecule has 2 amide bonds. The van der Waals surface area contributed by atoms with Crippen LogP contribution < -0.4 is 15.6 Å². The summed E-state index contributed by atoms with van der Waals surface area (Å²) < 4.78 is 17.9. The highest BCUT2D eigenvalue weighted by Crippen LogP contribution is 2.17. The SMILES string of the molecule is O=C(COc1ccc(F)cc1)NNC(=O)Cc1c[nH]c2ccccc12. The first-order valence-electron chi connectivity index (χ1n) is 7.63. The molecule has 0 spiro atoms. The molecule has 1 heterocycles.